The van der Waals surface area contributed by atoms with E-state index in [9.17, 15) is 4.79 Å². The number of halogens is 1. The van der Waals surface area contributed by atoms with Crippen LogP contribution in [0.3, 0.4) is 0 Å². The first-order chi connectivity index (χ1) is 7.04. The minimum atomic E-state index is -0.0648. The van der Waals surface area contributed by atoms with E-state index in [1.165, 1.54) is 0 Å². The summed E-state index contributed by atoms with van der Waals surface area (Å²) in [5, 5.41) is 2.89. The molecule has 1 rings (SSSR count). The number of hydrogen-bond donors (Lipinski definition) is 2. The summed E-state index contributed by atoms with van der Waals surface area (Å²) >= 11 is 3.29. The van der Waals surface area contributed by atoms with E-state index in [0.29, 0.717) is 11.3 Å². The van der Waals surface area contributed by atoms with E-state index in [0.717, 1.165) is 10.9 Å². The van der Waals surface area contributed by atoms with Crippen molar-refractivity contribution in [3.63, 3.8) is 0 Å². The number of nitrogens with one attached hydrogen (secondary N) is 1. The lowest BCUT2D eigenvalue weighted by atomic mass is 10.1. The van der Waals surface area contributed by atoms with Gasteiger partial charge in [-0.2, -0.15) is 0 Å². The third kappa shape index (κ3) is 3.23. The number of amides is 1. The second-order valence-electron chi connectivity index (χ2n) is 3.52. The van der Waals surface area contributed by atoms with Gasteiger partial charge in [-0.3, -0.25) is 4.79 Å². The Kier molecular flexibility index (Phi) is 4.15. The van der Waals surface area contributed by atoms with Gasteiger partial charge in [0.1, 0.15) is 0 Å². The van der Waals surface area contributed by atoms with Crippen LogP contribution in [0.2, 0.25) is 0 Å². The first-order valence-electron chi connectivity index (χ1n) is 4.90. The lowest BCUT2D eigenvalue weighted by Crippen LogP contribution is -2.31. The average Bonchev–Trinajstić information content (AvgIpc) is 2.21. The molecule has 1 amide bonds. The van der Waals surface area contributed by atoms with Gasteiger partial charge in [-0.05, 0) is 47.5 Å². The van der Waals surface area contributed by atoms with Crippen LogP contribution >= 0.6 is 15.9 Å². The number of benzene rings is 1. The van der Waals surface area contributed by atoms with Crippen LogP contribution in [-0.4, -0.2) is 11.9 Å². The van der Waals surface area contributed by atoms with Crippen molar-refractivity contribution in [2.75, 3.05) is 5.73 Å². The highest BCUT2D eigenvalue weighted by Gasteiger charge is 2.09. The number of rotatable bonds is 3. The number of carbonyl (C=O) groups excluding carboxylic acids is 1. The summed E-state index contributed by atoms with van der Waals surface area (Å²) in [5.41, 5.74) is 6.89. The molecule has 0 aliphatic carbocycles. The molecule has 0 aliphatic rings. The van der Waals surface area contributed by atoms with Crippen LogP contribution in [0.5, 0.6) is 0 Å². The minimum absolute atomic E-state index is 0.0648. The highest BCUT2D eigenvalue weighted by atomic mass is 79.9. The van der Waals surface area contributed by atoms with Gasteiger partial charge >= 0.3 is 0 Å². The lowest BCUT2D eigenvalue weighted by molar-refractivity contribution is 0.0939. The quantitative estimate of drug-likeness (QED) is 0.830. The molecule has 0 saturated carbocycles. The van der Waals surface area contributed by atoms with Crippen LogP contribution in [-0.2, 0) is 0 Å². The Hall–Kier alpha value is -1.03. The Bertz CT molecular complexity index is 366. The largest absolute Gasteiger partial charge is 0.398 e. The van der Waals surface area contributed by atoms with Crippen LogP contribution in [0.15, 0.2) is 22.7 Å². The molecule has 3 nitrogen and oxygen atoms in total. The minimum Gasteiger partial charge on any atom is -0.398 e. The number of nitrogen functional groups attached to an aromatic ring is 1. The zero-order valence-electron chi connectivity index (χ0n) is 8.88. The first kappa shape index (κ1) is 12.0. The van der Waals surface area contributed by atoms with E-state index in [1.807, 2.05) is 13.8 Å². The predicted octanol–water partition coefficient (Wildman–Crippen LogP) is 2.56. The van der Waals surface area contributed by atoms with Crippen molar-refractivity contribution in [3.05, 3.63) is 28.2 Å². The molecule has 0 fully saturated rings. The third-order valence-corrected chi connectivity index (χ3v) is 2.94. The Morgan fingerprint density at radius 3 is 2.80 bits per heavy atom. The highest BCUT2D eigenvalue weighted by Crippen LogP contribution is 2.20. The van der Waals surface area contributed by atoms with E-state index in [2.05, 4.69) is 21.2 Å². The molecule has 4 heteroatoms. The van der Waals surface area contributed by atoms with Crippen LogP contribution in [0.25, 0.3) is 0 Å². The van der Waals surface area contributed by atoms with Gasteiger partial charge < -0.3 is 11.1 Å². The van der Waals surface area contributed by atoms with Gasteiger partial charge in [-0.1, -0.05) is 6.92 Å². The highest BCUT2D eigenvalue weighted by molar-refractivity contribution is 9.10. The second kappa shape index (κ2) is 5.16. The van der Waals surface area contributed by atoms with Gasteiger partial charge in [0.2, 0.25) is 0 Å². The summed E-state index contributed by atoms with van der Waals surface area (Å²) < 4.78 is 0.749. The van der Waals surface area contributed by atoms with Gasteiger partial charge in [-0.15, -0.1) is 0 Å². The normalized spacial score (nSPS) is 12.2. The third-order valence-electron chi connectivity index (χ3n) is 2.25. The average molecular weight is 271 g/mol. The van der Waals surface area contributed by atoms with Gasteiger partial charge in [0, 0.05) is 21.8 Å². The van der Waals surface area contributed by atoms with Crippen LogP contribution in [0, 0.1) is 0 Å². The van der Waals surface area contributed by atoms with Gasteiger partial charge in [0.25, 0.3) is 5.91 Å². The lowest BCUT2D eigenvalue weighted by Gasteiger charge is -2.11. The summed E-state index contributed by atoms with van der Waals surface area (Å²) in [6, 6.07) is 5.36. The molecule has 1 unspecified atom stereocenters. The number of anilines is 1. The van der Waals surface area contributed by atoms with Gasteiger partial charge in [0.15, 0.2) is 0 Å². The van der Waals surface area contributed by atoms with Crippen molar-refractivity contribution in [1.29, 1.82) is 0 Å². The molecular formula is C11H15BrN2O. The topological polar surface area (TPSA) is 55.1 Å². The Morgan fingerprint density at radius 1 is 1.60 bits per heavy atom. The van der Waals surface area contributed by atoms with Crippen molar-refractivity contribution in [3.8, 4) is 0 Å². The van der Waals surface area contributed by atoms with E-state index >= 15 is 0 Å². The van der Waals surface area contributed by atoms with E-state index in [-0.39, 0.29) is 11.9 Å². The Labute approximate surface area is 98.2 Å². The first-order valence-corrected chi connectivity index (χ1v) is 5.69. The molecule has 82 valence electrons. The standard InChI is InChI=1S/C11H15BrN2O/c1-3-7(2)14-11(15)8-4-5-10(13)9(12)6-8/h4-7H,3,13H2,1-2H3,(H,14,15). The molecule has 1 aromatic rings. The van der Waals surface area contributed by atoms with Gasteiger partial charge in [-0.25, -0.2) is 0 Å². The predicted molar refractivity (Wildman–Crippen MR) is 65.8 cm³/mol. The summed E-state index contributed by atoms with van der Waals surface area (Å²) in [5.74, 6) is -0.0648. The Morgan fingerprint density at radius 2 is 2.27 bits per heavy atom. The number of nitrogens with two attached hydrogens (primary N) is 1. The molecule has 0 radical (unpaired) electrons. The molecule has 0 saturated heterocycles. The monoisotopic (exact) mass is 270 g/mol. The maximum absolute atomic E-state index is 11.7. The molecule has 0 aliphatic heterocycles. The smallest absolute Gasteiger partial charge is 0.251 e. The SMILES string of the molecule is CCC(C)NC(=O)c1ccc(N)c(Br)c1. The zero-order valence-corrected chi connectivity index (χ0v) is 10.5. The molecule has 1 aromatic carbocycles. The van der Waals surface area contributed by atoms with E-state index in [1.54, 1.807) is 18.2 Å². The fourth-order valence-corrected chi connectivity index (χ4v) is 1.46. The van der Waals surface area contributed by atoms with Crippen molar-refractivity contribution in [2.24, 2.45) is 0 Å². The fourth-order valence-electron chi connectivity index (χ4n) is 1.08. The Balaban J connectivity index is 2.78. The summed E-state index contributed by atoms with van der Waals surface area (Å²) in [6.45, 7) is 4.01. The van der Waals surface area contributed by atoms with E-state index in [4.69, 9.17) is 5.73 Å². The summed E-state index contributed by atoms with van der Waals surface area (Å²) in [4.78, 5) is 11.7. The number of hydrogen-bond acceptors (Lipinski definition) is 2. The summed E-state index contributed by atoms with van der Waals surface area (Å²) in [7, 11) is 0. The van der Waals surface area contributed by atoms with Crippen molar-refractivity contribution >= 4 is 27.5 Å². The van der Waals surface area contributed by atoms with Crippen LogP contribution in [0.1, 0.15) is 30.6 Å². The molecule has 3 N–H and O–H groups in total. The van der Waals surface area contributed by atoms with Crippen molar-refractivity contribution in [1.82, 2.24) is 5.32 Å². The molecule has 1 atom stereocenters. The number of carbonyl (C=O) groups is 1. The van der Waals surface area contributed by atoms with Crippen LogP contribution < -0.4 is 11.1 Å². The molecule has 15 heavy (non-hydrogen) atoms. The van der Waals surface area contributed by atoms with Crippen molar-refractivity contribution < 1.29 is 4.79 Å². The van der Waals surface area contributed by atoms with Gasteiger partial charge in [0.05, 0.1) is 0 Å². The molecule has 0 bridgehead atoms. The maximum Gasteiger partial charge on any atom is 0.251 e. The van der Waals surface area contributed by atoms with Crippen LogP contribution in [0.4, 0.5) is 5.69 Å². The second-order valence-corrected chi connectivity index (χ2v) is 4.37. The molecule has 0 spiro atoms. The molecular weight excluding hydrogens is 256 g/mol. The van der Waals surface area contributed by atoms with E-state index < -0.39 is 0 Å². The maximum atomic E-state index is 11.7. The molecule has 0 aromatic heterocycles. The summed E-state index contributed by atoms with van der Waals surface area (Å²) in [6.07, 6.45) is 0.919. The molecule has 0 heterocycles. The zero-order chi connectivity index (χ0) is 11.4. The fraction of sp³-hybridized carbons (Fsp3) is 0.364. The van der Waals surface area contributed by atoms with Crippen molar-refractivity contribution in [2.45, 2.75) is 26.3 Å².